The number of methoxy groups -OCH3 is 1. The Hall–Kier alpha value is -2.89. The van der Waals surface area contributed by atoms with E-state index >= 15 is 0 Å². The summed E-state index contributed by atoms with van der Waals surface area (Å²) in [5.74, 6) is 2.66. The van der Waals surface area contributed by atoms with Crippen molar-refractivity contribution in [3.63, 3.8) is 0 Å². The van der Waals surface area contributed by atoms with Crippen LogP contribution in [0.3, 0.4) is 0 Å². The molecular formula is C21H25NO5. The van der Waals surface area contributed by atoms with Crippen molar-refractivity contribution in [3.05, 3.63) is 48.0 Å². The lowest BCUT2D eigenvalue weighted by Crippen LogP contribution is -2.39. The molecule has 1 heterocycles. The molecule has 0 aliphatic carbocycles. The van der Waals surface area contributed by atoms with Gasteiger partial charge in [0.05, 0.1) is 13.2 Å². The van der Waals surface area contributed by atoms with Gasteiger partial charge in [0.15, 0.2) is 17.6 Å². The molecule has 0 saturated heterocycles. The predicted octanol–water partition coefficient (Wildman–Crippen LogP) is 3.50. The van der Waals surface area contributed by atoms with Gasteiger partial charge in [0.1, 0.15) is 24.7 Å². The maximum absolute atomic E-state index is 12.7. The molecule has 0 saturated carbocycles. The maximum atomic E-state index is 12.7. The fourth-order valence-electron chi connectivity index (χ4n) is 2.86. The van der Waals surface area contributed by atoms with Crippen molar-refractivity contribution in [2.45, 2.75) is 32.4 Å². The molecule has 144 valence electrons. The Morgan fingerprint density at radius 2 is 1.74 bits per heavy atom. The second kappa shape index (κ2) is 8.66. The van der Waals surface area contributed by atoms with E-state index < -0.39 is 6.10 Å². The minimum absolute atomic E-state index is 0.157. The standard InChI is InChI=1S/C21H25NO5/c1-4-18(27-17-8-6-16(24-3)7-9-17)21(23)22-14(2)15-5-10-19-20(13-15)26-12-11-25-19/h5-10,13-14,18H,4,11-12H2,1-3H3,(H,22,23)/t14-,18-/m1/s1. The first-order valence-corrected chi connectivity index (χ1v) is 9.11. The van der Waals surface area contributed by atoms with Gasteiger partial charge in [0, 0.05) is 0 Å². The molecule has 0 fully saturated rings. The number of amides is 1. The van der Waals surface area contributed by atoms with Gasteiger partial charge in [-0.15, -0.1) is 0 Å². The number of nitrogens with one attached hydrogen (secondary N) is 1. The molecule has 6 nitrogen and oxygen atoms in total. The monoisotopic (exact) mass is 371 g/mol. The average molecular weight is 371 g/mol. The summed E-state index contributed by atoms with van der Waals surface area (Å²) in [7, 11) is 1.61. The lowest BCUT2D eigenvalue weighted by molar-refractivity contribution is -0.128. The highest BCUT2D eigenvalue weighted by atomic mass is 16.6. The van der Waals surface area contributed by atoms with E-state index in [1.165, 1.54) is 0 Å². The van der Waals surface area contributed by atoms with Crippen LogP contribution >= 0.6 is 0 Å². The fraction of sp³-hybridized carbons (Fsp3) is 0.381. The molecule has 1 amide bonds. The quantitative estimate of drug-likeness (QED) is 0.807. The smallest absolute Gasteiger partial charge is 0.261 e. The number of carbonyl (C=O) groups excluding carboxylic acids is 1. The third kappa shape index (κ3) is 4.64. The summed E-state index contributed by atoms with van der Waals surface area (Å²) in [5, 5.41) is 3.01. The zero-order valence-electron chi connectivity index (χ0n) is 15.9. The van der Waals surface area contributed by atoms with E-state index in [1.54, 1.807) is 31.4 Å². The van der Waals surface area contributed by atoms with Gasteiger partial charge in [0.2, 0.25) is 0 Å². The van der Waals surface area contributed by atoms with E-state index in [1.807, 2.05) is 32.0 Å². The molecule has 1 aliphatic heterocycles. The van der Waals surface area contributed by atoms with Crippen molar-refractivity contribution in [1.29, 1.82) is 0 Å². The maximum Gasteiger partial charge on any atom is 0.261 e. The zero-order chi connectivity index (χ0) is 19.2. The van der Waals surface area contributed by atoms with E-state index in [4.69, 9.17) is 18.9 Å². The van der Waals surface area contributed by atoms with Crippen molar-refractivity contribution >= 4 is 5.91 Å². The second-order valence-electron chi connectivity index (χ2n) is 6.32. The number of hydrogen-bond acceptors (Lipinski definition) is 5. The Morgan fingerprint density at radius 3 is 2.41 bits per heavy atom. The van der Waals surface area contributed by atoms with Gasteiger partial charge in [-0.1, -0.05) is 13.0 Å². The highest BCUT2D eigenvalue weighted by Gasteiger charge is 2.22. The molecule has 0 unspecified atom stereocenters. The van der Waals surface area contributed by atoms with Gasteiger partial charge >= 0.3 is 0 Å². The van der Waals surface area contributed by atoms with Crippen LogP contribution in [-0.4, -0.2) is 32.3 Å². The van der Waals surface area contributed by atoms with Crippen molar-refractivity contribution in [1.82, 2.24) is 5.32 Å². The molecule has 2 aromatic carbocycles. The third-order valence-corrected chi connectivity index (χ3v) is 4.43. The molecular weight excluding hydrogens is 346 g/mol. The van der Waals surface area contributed by atoms with E-state index in [9.17, 15) is 4.79 Å². The second-order valence-corrected chi connectivity index (χ2v) is 6.32. The summed E-state index contributed by atoms with van der Waals surface area (Å²) in [5.41, 5.74) is 0.951. The number of fused-ring (bicyclic) bond motifs is 1. The molecule has 0 radical (unpaired) electrons. The molecule has 3 rings (SSSR count). The molecule has 2 aromatic rings. The molecule has 1 aliphatic rings. The number of ether oxygens (including phenoxy) is 4. The van der Waals surface area contributed by atoms with Crippen LogP contribution in [-0.2, 0) is 4.79 Å². The van der Waals surface area contributed by atoms with Gasteiger partial charge in [-0.2, -0.15) is 0 Å². The molecule has 0 aromatic heterocycles. The topological polar surface area (TPSA) is 66.0 Å². The van der Waals surface area contributed by atoms with Crippen LogP contribution < -0.4 is 24.3 Å². The summed E-state index contributed by atoms with van der Waals surface area (Å²) >= 11 is 0. The number of benzene rings is 2. The lowest BCUT2D eigenvalue weighted by Gasteiger charge is -2.23. The Morgan fingerprint density at radius 1 is 1.07 bits per heavy atom. The van der Waals surface area contributed by atoms with Crippen molar-refractivity contribution in [2.75, 3.05) is 20.3 Å². The molecule has 27 heavy (non-hydrogen) atoms. The van der Waals surface area contributed by atoms with E-state index in [0.29, 0.717) is 31.1 Å². The Bertz CT molecular complexity index is 775. The third-order valence-electron chi connectivity index (χ3n) is 4.43. The highest BCUT2D eigenvalue weighted by molar-refractivity contribution is 5.81. The average Bonchev–Trinajstić information content (AvgIpc) is 2.71. The number of carbonyl (C=O) groups is 1. The van der Waals surface area contributed by atoms with Crippen molar-refractivity contribution < 1.29 is 23.7 Å². The minimum atomic E-state index is -0.571. The zero-order valence-corrected chi connectivity index (χ0v) is 15.9. The van der Waals surface area contributed by atoms with Crippen LogP contribution in [0.25, 0.3) is 0 Å². The van der Waals surface area contributed by atoms with Crippen LogP contribution in [0.5, 0.6) is 23.0 Å². The molecule has 6 heteroatoms. The molecule has 1 N–H and O–H groups in total. The van der Waals surface area contributed by atoms with Gasteiger partial charge in [0.25, 0.3) is 5.91 Å². The summed E-state index contributed by atoms with van der Waals surface area (Å²) < 4.78 is 22.1. The normalized spacial score (nSPS) is 14.8. The van der Waals surface area contributed by atoms with E-state index in [0.717, 1.165) is 17.1 Å². The highest BCUT2D eigenvalue weighted by Crippen LogP contribution is 2.32. The summed E-state index contributed by atoms with van der Waals surface area (Å²) in [4.78, 5) is 12.7. The predicted molar refractivity (Wildman–Crippen MR) is 102 cm³/mol. The lowest BCUT2D eigenvalue weighted by atomic mass is 10.1. The SMILES string of the molecule is CC[C@@H](Oc1ccc(OC)cc1)C(=O)N[C@H](C)c1ccc2c(c1)OCCO2. The Labute approximate surface area is 159 Å². The first-order valence-electron chi connectivity index (χ1n) is 9.11. The Kier molecular flexibility index (Phi) is 6.06. The fourth-order valence-corrected chi connectivity index (χ4v) is 2.86. The molecule has 0 bridgehead atoms. The van der Waals surface area contributed by atoms with Crippen LogP contribution in [0.2, 0.25) is 0 Å². The molecule has 0 spiro atoms. The summed E-state index contributed by atoms with van der Waals surface area (Å²) in [6.45, 7) is 4.94. The summed E-state index contributed by atoms with van der Waals surface area (Å²) in [6.07, 6.45) is -0.0100. The molecule has 2 atom stereocenters. The van der Waals surface area contributed by atoms with Crippen molar-refractivity contribution in [2.24, 2.45) is 0 Å². The van der Waals surface area contributed by atoms with Crippen LogP contribution in [0, 0.1) is 0 Å². The minimum Gasteiger partial charge on any atom is -0.497 e. The Balaban J connectivity index is 1.63. The van der Waals surface area contributed by atoms with Gasteiger partial charge in [-0.3, -0.25) is 4.79 Å². The first-order chi connectivity index (χ1) is 13.1. The number of hydrogen-bond donors (Lipinski definition) is 1. The number of rotatable bonds is 7. The van der Waals surface area contributed by atoms with Crippen LogP contribution in [0.1, 0.15) is 31.9 Å². The first kappa shape index (κ1) is 18.9. The van der Waals surface area contributed by atoms with Gasteiger partial charge in [-0.05, 0) is 55.3 Å². The van der Waals surface area contributed by atoms with E-state index in [-0.39, 0.29) is 11.9 Å². The van der Waals surface area contributed by atoms with Gasteiger partial charge < -0.3 is 24.3 Å². The largest absolute Gasteiger partial charge is 0.497 e. The van der Waals surface area contributed by atoms with Gasteiger partial charge in [-0.25, -0.2) is 0 Å². The van der Waals surface area contributed by atoms with E-state index in [2.05, 4.69) is 5.32 Å². The van der Waals surface area contributed by atoms with Crippen molar-refractivity contribution in [3.8, 4) is 23.0 Å². The summed E-state index contributed by atoms with van der Waals surface area (Å²) in [6, 6.07) is 12.7. The van der Waals surface area contributed by atoms with Crippen LogP contribution in [0.15, 0.2) is 42.5 Å². The van der Waals surface area contributed by atoms with Crippen LogP contribution in [0.4, 0.5) is 0 Å².